The number of aryl methyl sites for hydroxylation is 2. The Labute approximate surface area is 279 Å². The number of benzene rings is 4. The summed E-state index contributed by atoms with van der Waals surface area (Å²) in [5, 5.41) is 19.7. The van der Waals surface area contributed by atoms with Gasteiger partial charge in [0.15, 0.2) is 0 Å². The summed E-state index contributed by atoms with van der Waals surface area (Å²) >= 11 is 0. The van der Waals surface area contributed by atoms with Gasteiger partial charge in [-0.2, -0.15) is 0 Å². The first kappa shape index (κ1) is 35.0. The Bertz CT molecular complexity index is 2190. The quantitative estimate of drug-likeness (QED) is 0.0644. The summed E-state index contributed by atoms with van der Waals surface area (Å²) in [4.78, 5) is 19.2. The van der Waals surface area contributed by atoms with Crippen LogP contribution < -0.4 is 25.8 Å². The Morgan fingerprint density at radius 3 is 1.60 bits per heavy atom. The van der Waals surface area contributed by atoms with Crippen molar-refractivity contribution in [3.05, 3.63) is 119 Å². The summed E-state index contributed by atoms with van der Waals surface area (Å²) in [5.41, 5.74) is 8.85. The topological polar surface area (TPSA) is 137 Å². The number of alkyl halides is 6. The molecule has 4 aromatic carbocycles. The van der Waals surface area contributed by atoms with E-state index < -0.39 is 17.6 Å². The molecule has 0 fully saturated rings. The lowest BCUT2D eigenvalue weighted by molar-refractivity contribution is -0.383. The van der Waals surface area contributed by atoms with Crippen molar-refractivity contribution in [2.75, 3.05) is 16.4 Å². The predicted octanol–water partition coefficient (Wildman–Crippen LogP) is 9.86. The number of halogens is 6. The molecule has 6 rings (SSSR count). The van der Waals surface area contributed by atoms with E-state index >= 15 is 0 Å². The molecule has 2 aromatic heterocycles. The highest BCUT2D eigenvalue weighted by Crippen LogP contribution is 2.35. The average Bonchev–Trinajstić information content (AvgIpc) is 3.02. The molecular formula is C34H26F6N6O4. The molecule has 10 nitrogen and oxygen atoms in total. The molecule has 0 radical (unpaired) electrons. The van der Waals surface area contributed by atoms with Crippen LogP contribution in [0.5, 0.6) is 11.5 Å². The van der Waals surface area contributed by atoms with E-state index in [1.54, 1.807) is 37.4 Å². The molecule has 0 spiro atoms. The van der Waals surface area contributed by atoms with Gasteiger partial charge in [-0.3, -0.25) is 10.1 Å². The van der Waals surface area contributed by atoms with Crippen molar-refractivity contribution in [3.8, 4) is 11.5 Å². The van der Waals surface area contributed by atoms with Gasteiger partial charge in [0.25, 0.3) is 5.69 Å². The van der Waals surface area contributed by atoms with Gasteiger partial charge >= 0.3 is 12.7 Å². The first-order valence-corrected chi connectivity index (χ1v) is 14.5. The number of nitro groups is 1. The number of nitrogens with zero attached hydrogens (tertiary/aromatic N) is 3. The van der Waals surface area contributed by atoms with Gasteiger partial charge in [-0.1, -0.05) is 30.3 Å². The maximum atomic E-state index is 12.3. The molecule has 16 heteroatoms. The monoisotopic (exact) mass is 696 g/mol. The van der Waals surface area contributed by atoms with Crippen molar-refractivity contribution >= 4 is 55.9 Å². The van der Waals surface area contributed by atoms with Gasteiger partial charge in [0.1, 0.15) is 23.1 Å². The number of nitro benzene ring substituents is 1. The molecule has 0 atom stereocenters. The van der Waals surface area contributed by atoms with Gasteiger partial charge in [0.2, 0.25) is 0 Å². The molecule has 0 saturated heterocycles. The SMILES string of the molecule is Cc1ccc2c(Nc3cccc(OC(F)(F)F)c3)nccc2c1N.Cc1ccc2c(Nc3cccc(OC(F)(F)F)c3)nccc2c1[N+](=O)[O-]. The van der Waals surface area contributed by atoms with Crippen LogP contribution in [0.2, 0.25) is 0 Å². The van der Waals surface area contributed by atoms with Crippen molar-refractivity contribution in [3.63, 3.8) is 0 Å². The van der Waals surface area contributed by atoms with E-state index in [2.05, 4.69) is 30.1 Å². The van der Waals surface area contributed by atoms with Crippen LogP contribution in [0.3, 0.4) is 0 Å². The van der Waals surface area contributed by atoms with Crippen LogP contribution in [-0.4, -0.2) is 27.6 Å². The summed E-state index contributed by atoms with van der Waals surface area (Å²) in [7, 11) is 0. The lowest BCUT2D eigenvalue weighted by Gasteiger charge is -2.13. The molecule has 258 valence electrons. The molecule has 0 aliphatic carbocycles. The van der Waals surface area contributed by atoms with Crippen molar-refractivity contribution < 1.29 is 40.7 Å². The van der Waals surface area contributed by atoms with Gasteiger partial charge in [-0.25, -0.2) is 9.97 Å². The van der Waals surface area contributed by atoms with Crippen molar-refractivity contribution in [1.29, 1.82) is 0 Å². The van der Waals surface area contributed by atoms with Gasteiger partial charge in [0.05, 0.1) is 10.3 Å². The van der Waals surface area contributed by atoms with Crippen LogP contribution in [0.15, 0.2) is 97.3 Å². The fraction of sp³-hybridized carbons (Fsp3) is 0.118. The number of fused-ring (bicyclic) bond motifs is 2. The molecule has 4 N–H and O–H groups in total. The number of rotatable bonds is 7. The number of anilines is 5. The van der Waals surface area contributed by atoms with E-state index in [4.69, 9.17) is 5.73 Å². The lowest BCUT2D eigenvalue weighted by Crippen LogP contribution is -2.17. The third-order valence-corrected chi connectivity index (χ3v) is 7.17. The summed E-state index contributed by atoms with van der Waals surface area (Å²) in [5.74, 6) is 0.103. The Hall–Kier alpha value is -6.32. The van der Waals surface area contributed by atoms with E-state index in [1.807, 2.05) is 19.1 Å². The molecule has 0 unspecified atom stereocenters. The Balaban J connectivity index is 0.000000195. The molecule has 0 bridgehead atoms. The number of pyridine rings is 2. The highest BCUT2D eigenvalue weighted by molar-refractivity contribution is 6.01. The molecular weight excluding hydrogens is 670 g/mol. The Morgan fingerprint density at radius 1 is 0.660 bits per heavy atom. The maximum Gasteiger partial charge on any atom is 0.573 e. The third-order valence-electron chi connectivity index (χ3n) is 7.17. The average molecular weight is 697 g/mol. The molecule has 0 amide bonds. The Morgan fingerprint density at radius 2 is 1.12 bits per heavy atom. The summed E-state index contributed by atoms with van der Waals surface area (Å²) < 4.78 is 81.8. The van der Waals surface area contributed by atoms with Crippen LogP contribution in [-0.2, 0) is 0 Å². The molecule has 2 heterocycles. The first-order chi connectivity index (χ1) is 23.6. The van der Waals surface area contributed by atoms with E-state index in [0.717, 1.165) is 22.4 Å². The second-order valence-corrected chi connectivity index (χ2v) is 10.7. The Kier molecular flexibility index (Phi) is 9.83. The maximum absolute atomic E-state index is 12.3. The standard InChI is InChI=1S/C17H12F3N3O3.C17H14F3N3O/c1-10-5-6-14-13(15(10)23(24)25)7-8-21-16(14)22-11-3-2-4-12(9-11)26-17(18,19)20;1-10-5-6-14-13(15(10)21)7-8-22-16(14)23-11-3-2-4-12(9-11)24-17(18,19)20/h2-9H,1H3,(H,21,22);2-9H,21H2,1H3,(H,22,23). The van der Waals surface area contributed by atoms with E-state index in [9.17, 15) is 36.5 Å². The first-order valence-electron chi connectivity index (χ1n) is 14.5. The number of nitrogens with one attached hydrogen (secondary N) is 2. The van der Waals surface area contributed by atoms with Crippen molar-refractivity contribution in [2.24, 2.45) is 0 Å². The number of hydrogen-bond acceptors (Lipinski definition) is 9. The highest BCUT2D eigenvalue weighted by Gasteiger charge is 2.32. The predicted molar refractivity (Wildman–Crippen MR) is 177 cm³/mol. The van der Waals surface area contributed by atoms with Crippen LogP contribution in [0.25, 0.3) is 21.5 Å². The number of ether oxygens (including phenoxy) is 2. The third kappa shape index (κ3) is 8.58. The summed E-state index contributed by atoms with van der Waals surface area (Å²) in [6, 6.07) is 21.2. The lowest BCUT2D eigenvalue weighted by atomic mass is 10.1. The second kappa shape index (κ2) is 14.0. The molecule has 0 aliphatic rings. The fourth-order valence-corrected chi connectivity index (χ4v) is 4.99. The largest absolute Gasteiger partial charge is 0.573 e. The van der Waals surface area contributed by atoms with Gasteiger partial charge in [0, 0.05) is 63.3 Å². The number of nitrogens with two attached hydrogens (primary N) is 1. The summed E-state index contributed by atoms with van der Waals surface area (Å²) in [6.45, 7) is 3.53. The van der Waals surface area contributed by atoms with Crippen LogP contribution in [0.4, 0.5) is 60.7 Å². The van der Waals surface area contributed by atoms with E-state index in [0.29, 0.717) is 39.2 Å². The van der Waals surface area contributed by atoms with Gasteiger partial charge in [-0.05, 0) is 61.9 Å². The molecule has 6 aromatic rings. The second-order valence-electron chi connectivity index (χ2n) is 10.7. The van der Waals surface area contributed by atoms with Crippen LogP contribution in [0.1, 0.15) is 11.1 Å². The van der Waals surface area contributed by atoms with Gasteiger partial charge < -0.3 is 25.8 Å². The van der Waals surface area contributed by atoms with Crippen molar-refractivity contribution in [2.45, 2.75) is 26.6 Å². The van der Waals surface area contributed by atoms with Gasteiger partial charge in [-0.15, -0.1) is 26.3 Å². The van der Waals surface area contributed by atoms with Crippen LogP contribution in [0, 0.1) is 24.0 Å². The number of nitrogen functional groups attached to an aromatic ring is 1. The zero-order valence-electron chi connectivity index (χ0n) is 26.1. The molecule has 50 heavy (non-hydrogen) atoms. The van der Waals surface area contributed by atoms with Crippen molar-refractivity contribution in [1.82, 2.24) is 9.97 Å². The molecule has 0 saturated carbocycles. The van der Waals surface area contributed by atoms with E-state index in [1.165, 1.54) is 48.7 Å². The van der Waals surface area contributed by atoms with Crippen LogP contribution >= 0.6 is 0 Å². The molecule has 0 aliphatic heterocycles. The number of hydrogen-bond donors (Lipinski definition) is 3. The normalized spacial score (nSPS) is 11.4. The van der Waals surface area contributed by atoms with E-state index in [-0.39, 0.29) is 23.0 Å². The minimum atomic E-state index is -4.80. The summed E-state index contributed by atoms with van der Waals surface area (Å²) in [6.07, 6.45) is -6.54. The highest BCUT2D eigenvalue weighted by atomic mass is 19.4. The fourth-order valence-electron chi connectivity index (χ4n) is 4.99. The minimum absolute atomic E-state index is 0.0397. The smallest absolute Gasteiger partial charge is 0.406 e. The zero-order valence-corrected chi connectivity index (χ0v) is 26.1. The minimum Gasteiger partial charge on any atom is -0.406 e. The number of aromatic nitrogens is 2. The zero-order chi connectivity index (χ0) is 36.2.